The van der Waals surface area contributed by atoms with Crippen molar-refractivity contribution in [3.05, 3.63) is 52.8 Å². The maximum absolute atomic E-state index is 6.20. The summed E-state index contributed by atoms with van der Waals surface area (Å²) in [4.78, 5) is 11.3. The molecule has 0 saturated carbocycles. The minimum Gasteiger partial charge on any atom is -0.338 e. The van der Waals surface area contributed by atoms with Crippen LogP contribution in [0.3, 0.4) is 0 Å². The monoisotopic (exact) mass is 288 g/mol. The Labute approximate surface area is 123 Å². The van der Waals surface area contributed by atoms with Crippen LogP contribution in [-0.4, -0.2) is 36.1 Å². The summed E-state index contributed by atoms with van der Waals surface area (Å²) >= 11 is 6.20. The van der Waals surface area contributed by atoms with Crippen LogP contribution >= 0.6 is 11.6 Å². The molecule has 0 aliphatic carbocycles. The number of rotatable bonds is 3. The highest BCUT2D eigenvalue weighted by Crippen LogP contribution is 2.19. The van der Waals surface area contributed by atoms with E-state index >= 15 is 0 Å². The van der Waals surface area contributed by atoms with Crippen molar-refractivity contribution in [3.63, 3.8) is 0 Å². The van der Waals surface area contributed by atoms with Crippen molar-refractivity contribution in [2.75, 3.05) is 31.1 Å². The van der Waals surface area contributed by atoms with Gasteiger partial charge in [0, 0.05) is 43.8 Å². The molecular weight excluding hydrogens is 272 g/mol. The van der Waals surface area contributed by atoms with Gasteiger partial charge in [0.05, 0.1) is 5.69 Å². The molecule has 1 aromatic heterocycles. The molecule has 1 N–H and O–H groups in total. The molecule has 1 aliphatic rings. The van der Waals surface area contributed by atoms with Gasteiger partial charge < -0.3 is 10.2 Å². The van der Waals surface area contributed by atoms with Crippen molar-refractivity contribution in [2.45, 2.75) is 6.42 Å². The van der Waals surface area contributed by atoms with E-state index in [9.17, 15) is 0 Å². The van der Waals surface area contributed by atoms with Crippen LogP contribution in [0.25, 0.3) is 0 Å². The molecule has 0 atom stereocenters. The van der Waals surface area contributed by atoms with Gasteiger partial charge in [0.25, 0.3) is 0 Å². The van der Waals surface area contributed by atoms with Gasteiger partial charge in [-0.3, -0.25) is 0 Å². The molecule has 1 fully saturated rings. The van der Waals surface area contributed by atoms with Crippen LogP contribution in [0.15, 0.2) is 36.5 Å². The zero-order valence-electron chi connectivity index (χ0n) is 11.2. The van der Waals surface area contributed by atoms with Crippen LogP contribution in [0, 0.1) is 0 Å². The molecule has 0 bridgehead atoms. The number of anilines is 1. The largest absolute Gasteiger partial charge is 0.338 e. The average molecular weight is 289 g/mol. The average Bonchev–Trinajstić information content (AvgIpc) is 2.51. The van der Waals surface area contributed by atoms with E-state index in [0.29, 0.717) is 0 Å². The Morgan fingerprint density at radius 3 is 2.75 bits per heavy atom. The summed E-state index contributed by atoms with van der Waals surface area (Å²) in [5.41, 5.74) is 2.10. The van der Waals surface area contributed by atoms with Crippen molar-refractivity contribution >= 4 is 17.5 Å². The number of aromatic nitrogens is 2. The van der Waals surface area contributed by atoms with E-state index in [0.717, 1.165) is 54.8 Å². The van der Waals surface area contributed by atoms with Crippen molar-refractivity contribution in [3.8, 4) is 0 Å². The fourth-order valence-corrected chi connectivity index (χ4v) is 2.54. The fraction of sp³-hybridized carbons (Fsp3) is 0.333. The van der Waals surface area contributed by atoms with Gasteiger partial charge in [-0.2, -0.15) is 0 Å². The Morgan fingerprint density at radius 1 is 1.15 bits per heavy atom. The molecule has 0 spiro atoms. The standard InChI is InChI=1S/C15H17ClN4/c16-14-4-2-1-3-12(14)11-13-5-6-18-15(19-13)20-9-7-17-8-10-20/h1-6,17H,7-11H2. The van der Waals surface area contributed by atoms with Gasteiger partial charge in [-0.15, -0.1) is 0 Å². The van der Waals surface area contributed by atoms with Crippen molar-refractivity contribution in [1.82, 2.24) is 15.3 Å². The molecule has 4 nitrogen and oxygen atoms in total. The van der Waals surface area contributed by atoms with Crippen molar-refractivity contribution < 1.29 is 0 Å². The molecule has 0 amide bonds. The Hall–Kier alpha value is -1.65. The van der Waals surface area contributed by atoms with E-state index in [4.69, 9.17) is 11.6 Å². The number of hydrogen-bond acceptors (Lipinski definition) is 4. The van der Waals surface area contributed by atoms with E-state index in [1.54, 1.807) is 0 Å². The van der Waals surface area contributed by atoms with Gasteiger partial charge in [0.2, 0.25) is 5.95 Å². The molecule has 5 heteroatoms. The third-order valence-electron chi connectivity index (χ3n) is 3.43. The highest BCUT2D eigenvalue weighted by atomic mass is 35.5. The summed E-state index contributed by atoms with van der Waals surface area (Å²) in [7, 11) is 0. The van der Waals surface area contributed by atoms with E-state index in [-0.39, 0.29) is 0 Å². The second-order valence-electron chi connectivity index (χ2n) is 4.85. The quantitative estimate of drug-likeness (QED) is 0.939. The highest BCUT2D eigenvalue weighted by Gasteiger charge is 2.13. The van der Waals surface area contributed by atoms with Gasteiger partial charge in [-0.25, -0.2) is 9.97 Å². The fourth-order valence-electron chi connectivity index (χ4n) is 2.34. The maximum atomic E-state index is 6.20. The molecule has 1 aliphatic heterocycles. The van der Waals surface area contributed by atoms with E-state index in [1.165, 1.54) is 0 Å². The van der Waals surface area contributed by atoms with Gasteiger partial charge in [-0.1, -0.05) is 29.8 Å². The smallest absolute Gasteiger partial charge is 0.225 e. The molecular formula is C15H17ClN4. The second kappa shape index (κ2) is 6.20. The second-order valence-corrected chi connectivity index (χ2v) is 5.26. The van der Waals surface area contributed by atoms with Gasteiger partial charge in [-0.05, 0) is 17.7 Å². The Balaban J connectivity index is 1.79. The van der Waals surface area contributed by atoms with Crippen LogP contribution < -0.4 is 10.2 Å². The van der Waals surface area contributed by atoms with Crippen LogP contribution in [0.1, 0.15) is 11.3 Å². The Bertz CT molecular complexity index is 582. The summed E-state index contributed by atoms with van der Waals surface area (Å²) in [6.07, 6.45) is 2.57. The minimum absolute atomic E-state index is 0.737. The summed E-state index contributed by atoms with van der Waals surface area (Å²) < 4.78 is 0. The topological polar surface area (TPSA) is 41.1 Å². The lowest BCUT2D eigenvalue weighted by Gasteiger charge is -2.27. The first-order valence-electron chi connectivity index (χ1n) is 6.84. The first-order valence-corrected chi connectivity index (χ1v) is 7.22. The summed E-state index contributed by atoms with van der Waals surface area (Å²) in [6.45, 7) is 3.88. The van der Waals surface area contributed by atoms with Crippen molar-refractivity contribution in [2.24, 2.45) is 0 Å². The zero-order chi connectivity index (χ0) is 13.8. The number of hydrogen-bond donors (Lipinski definition) is 1. The number of halogens is 1. The molecule has 0 unspecified atom stereocenters. The lowest BCUT2D eigenvalue weighted by Crippen LogP contribution is -2.44. The van der Waals surface area contributed by atoms with Crippen LogP contribution in [0.2, 0.25) is 5.02 Å². The highest BCUT2D eigenvalue weighted by molar-refractivity contribution is 6.31. The van der Waals surface area contributed by atoms with Crippen molar-refractivity contribution in [1.29, 1.82) is 0 Å². The third-order valence-corrected chi connectivity index (χ3v) is 3.80. The number of benzene rings is 1. The molecule has 2 heterocycles. The first-order chi connectivity index (χ1) is 9.83. The predicted octanol–water partition coefficient (Wildman–Crippen LogP) is 2.13. The van der Waals surface area contributed by atoms with Gasteiger partial charge in [0.1, 0.15) is 0 Å². The SMILES string of the molecule is Clc1ccccc1Cc1ccnc(N2CCNCC2)n1. The molecule has 20 heavy (non-hydrogen) atoms. The molecule has 2 aromatic rings. The van der Waals surface area contributed by atoms with E-state index in [2.05, 4.69) is 20.2 Å². The van der Waals surface area contributed by atoms with Gasteiger partial charge in [0.15, 0.2) is 0 Å². The third kappa shape index (κ3) is 3.08. The van der Waals surface area contributed by atoms with Crippen LogP contribution in [0.5, 0.6) is 0 Å². The first kappa shape index (κ1) is 13.3. The lowest BCUT2D eigenvalue weighted by atomic mass is 10.1. The normalized spacial score (nSPS) is 15.3. The number of nitrogens with one attached hydrogen (secondary N) is 1. The zero-order valence-corrected chi connectivity index (χ0v) is 12.0. The summed E-state index contributed by atoms with van der Waals surface area (Å²) in [6, 6.07) is 9.84. The molecule has 1 aromatic carbocycles. The van der Waals surface area contributed by atoms with E-state index in [1.807, 2.05) is 36.5 Å². The molecule has 104 valence electrons. The number of piperazine rings is 1. The van der Waals surface area contributed by atoms with Crippen LogP contribution in [-0.2, 0) is 6.42 Å². The summed E-state index contributed by atoms with van der Waals surface area (Å²) in [5, 5.41) is 4.12. The lowest BCUT2D eigenvalue weighted by molar-refractivity contribution is 0.579. The Kier molecular flexibility index (Phi) is 4.14. The number of nitrogens with zero attached hydrogens (tertiary/aromatic N) is 3. The molecule has 3 rings (SSSR count). The minimum atomic E-state index is 0.737. The maximum Gasteiger partial charge on any atom is 0.225 e. The van der Waals surface area contributed by atoms with E-state index < -0.39 is 0 Å². The molecule has 1 saturated heterocycles. The van der Waals surface area contributed by atoms with Gasteiger partial charge >= 0.3 is 0 Å². The molecule has 0 radical (unpaired) electrons. The Morgan fingerprint density at radius 2 is 1.95 bits per heavy atom. The summed E-state index contributed by atoms with van der Waals surface area (Å²) in [5.74, 6) is 0.816. The predicted molar refractivity (Wildman–Crippen MR) is 81.4 cm³/mol. The van der Waals surface area contributed by atoms with Crippen LogP contribution in [0.4, 0.5) is 5.95 Å².